The van der Waals surface area contributed by atoms with Gasteiger partial charge in [0.1, 0.15) is 0 Å². The van der Waals surface area contributed by atoms with E-state index in [-0.39, 0.29) is 51.9 Å². The Hall–Kier alpha value is -1.79. The fourth-order valence-corrected chi connectivity index (χ4v) is 11.7. The van der Waals surface area contributed by atoms with E-state index in [1.807, 2.05) is 12.2 Å². The molecule has 0 aliphatic heterocycles. The van der Waals surface area contributed by atoms with Crippen LogP contribution in [0.15, 0.2) is 115 Å². The molecule has 2 aromatic rings. The number of benzene rings is 2. The maximum absolute atomic E-state index is 2.99. The van der Waals surface area contributed by atoms with Crippen molar-refractivity contribution in [1.29, 1.82) is 0 Å². The van der Waals surface area contributed by atoms with Crippen LogP contribution in [0, 0.1) is 64.2 Å². The number of halogens is 2. The van der Waals surface area contributed by atoms with Crippen LogP contribution < -0.4 is 24.8 Å². The second kappa shape index (κ2) is 17.4. The predicted octanol–water partition coefficient (Wildman–Crippen LogP) is 7.10. The van der Waals surface area contributed by atoms with Crippen LogP contribution in [0.1, 0.15) is 117 Å². The molecule has 9 atom stereocenters. The second-order valence-electron chi connectivity index (χ2n) is 19.2. The molecule has 0 spiro atoms. The summed E-state index contributed by atoms with van der Waals surface area (Å²) in [5.41, 5.74) is 6.59. The zero-order chi connectivity index (χ0) is 37.5. The molecule has 0 saturated heterocycles. The van der Waals surface area contributed by atoms with Gasteiger partial charge >= 0.3 is 151 Å². The van der Waals surface area contributed by atoms with E-state index in [1.54, 1.807) is 0 Å². The minimum absolute atomic E-state index is 0. The zero-order valence-corrected chi connectivity index (χ0v) is 38.6. The largest absolute Gasteiger partial charge is 1.00 e. The molecular formula is C51H64Cl2Zr-2. The molecule has 2 aromatic carbocycles. The average molecular weight is 839 g/mol. The number of rotatable bonds is 2. The molecular weight excluding hydrogens is 775 g/mol. The predicted molar refractivity (Wildman–Crippen MR) is 221 cm³/mol. The van der Waals surface area contributed by atoms with Gasteiger partial charge in [-0.1, -0.05) is 107 Å². The third-order valence-corrected chi connectivity index (χ3v) is 15.6. The summed E-state index contributed by atoms with van der Waals surface area (Å²) in [6.45, 7) is 23.8. The van der Waals surface area contributed by atoms with Gasteiger partial charge in [-0.3, -0.25) is 6.08 Å². The molecule has 0 N–H and O–H groups in total. The summed E-state index contributed by atoms with van der Waals surface area (Å²) < 4.78 is 1.42. The number of hydrogen-bond acceptors (Lipinski definition) is 0. The van der Waals surface area contributed by atoms with E-state index in [2.05, 4.69) is 185 Å². The number of fused-ring (bicyclic) bond motifs is 8. The molecule has 9 unspecified atom stereocenters. The van der Waals surface area contributed by atoms with E-state index in [1.165, 1.54) is 69.0 Å². The Kier molecular flexibility index (Phi) is 14.5. The van der Waals surface area contributed by atoms with Gasteiger partial charge in [-0.15, -0.1) is 11.8 Å². The van der Waals surface area contributed by atoms with Crippen LogP contribution in [-0.2, 0) is 35.1 Å². The van der Waals surface area contributed by atoms with Gasteiger partial charge in [-0.2, -0.15) is 12.0 Å². The first-order valence-corrected chi connectivity index (χ1v) is 21.3. The van der Waals surface area contributed by atoms with Crippen molar-refractivity contribution < 1.29 is 49.0 Å². The van der Waals surface area contributed by atoms with E-state index in [4.69, 9.17) is 0 Å². The molecule has 8 rings (SSSR count). The molecule has 6 aliphatic rings. The van der Waals surface area contributed by atoms with Crippen molar-refractivity contribution in [2.75, 3.05) is 0 Å². The molecule has 0 nitrogen and oxygen atoms in total. The summed E-state index contributed by atoms with van der Waals surface area (Å²) in [7, 11) is 0. The summed E-state index contributed by atoms with van der Waals surface area (Å²) in [4.78, 5) is 0. The first-order chi connectivity index (χ1) is 24.5. The molecule has 288 valence electrons. The van der Waals surface area contributed by atoms with Gasteiger partial charge in [0.25, 0.3) is 0 Å². The molecule has 3 heteroatoms. The third kappa shape index (κ3) is 8.42. The normalized spacial score (nSPS) is 33.7. The molecule has 0 amide bonds. The quantitative estimate of drug-likeness (QED) is 0.284. The third-order valence-electron chi connectivity index (χ3n) is 14.2. The zero-order valence-electron chi connectivity index (χ0n) is 34.6. The Morgan fingerprint density at radius 1 is 0.741 bits per heavy atom. The van der Waals surface area contributed by atoms with Crippen LogP contribution in [0.4, 0.5) is 0 Å². The SMILES string of the molecule is CC(C)(C)c1ccc([C](=[Zr+2])c2ccc(C(C)(C)C)cc2)cc1.CC1CCCC2[CH-]C3(C)C(C4C=CC=CC4C4(C)C=CC=CC43C)C12.[C-]1=CC=CC1.[Cl-].[Cl-]. The van der Waals surface area contributed by atoms with Gasteiger partial charge in [-0.05, 0) is 28.6 Å². The Bertz CT molecular complexity index is 1700. The van der Waals surface area contributed by atoms with Crippen LogP contribution >= 0.6 is 0 Å². The van der Waals surface area contributed by atoms with Crippen molar-refractivity contribution in [3.05, 3.63) is 150 Å². The Morgan fingerprint density at radius 3 is 1.80 bits per heavy atom. The van der Waals surface area contributed by atoms with Gasteiger partial charge in [0, 0.05) is 0 Å². The molecule has 0 bridgehead atoms. The van der Waals surface area contributed by atoms with Gasteiger partial charge in [0.2, 0.25) is 0 Å². The van der Waals surface area contributed by atoms with E-state index >= 15 is 0 Å². The topological polar surface area (TPSA) is 0 Å². The maximum atomic E-state index is 2.99. The van der Waals surface area contributed by atoms with Crippen LogP contribution in [0.5, 0.6) is 0 Å². The Morgan fingerprint density at radius 2 is 1.30 bits per heavy atom. The van der Waals surface area contributed by atoms with Crippen LogP contribution in [0.2, 0.25) is 0 Å². The summed E-state index contributed by atoms with van der Waals surface area (Å²) in [6, 6.07) is 18.1. The minimum Gasteiger partial charge on any atom is -1.00 e. The fraction of sp³-hybridized carbons (Fsp3) is 0.490. The first kappa shape index (κ1) is 44.9. The molecule has 3 saturated carbocycles. The van der Waals surface area contributed by atoms with E-state index in [9.17, 15) is 0 Å². The number of allylic oxidation sites excluding steroid dienone is 12. The summed E-state index contributed by atoms with van der Waals surface area (Å²) in [6.07, 6.45) is 36.6. The van der Waals surface area contributed by atoms with Gasteiger partial charge in [-0.25, -0.2) is 12.2 Å². The fourth-order valence-electron chi connectivity index (χ4n) is 10.8. The van der Waals surface area contributed by atoms with Gasteiger partial charge < -0.3 is 31.2 Å². The minimum atomic E-state index is 0. The summed E-state index contributed by atoms with van der Waals surface area (Å²) in [5.74, 6) is 4.69. The van der Waals surface area contributed by atoms with E-state index in [0.717, 1.165) is 30.1 Å². The second-order valence-corrected chi connectivity index (χ2v) is 20.5. The van der Waals surface area contributed by atoms with Crippen molar-refractivity contribution >= 4 is 3.21 Å². The van der Waals surface area contributed by atoms with E-state index in [0.29, 0.717) is 11.8 Å². The Labute approximate surface area is 357 Å². The molecule has 0 heterocycles. The summed E-state index contributed by atoms with van der Waals surface area (Å²) >= 11 is 1.46. The monoisotopic (exact) mass is 836 g/mol. The smallest absolute Gasteiger partial charge is 0.000603 e. The van der Waals surface area contributed by atoms with Crippen LogP contribution in [0.3, 0.4) is 0 Å². The van der Waals surface area contributed by atoms with Crippen molar-refractivity contribution in [3.8, 4) is 0 Å². The standard InChI is InChI=1S/C25H33.C21H26.C5H5.2ClH.Zr/c1-17-10-9-11-18-16-24(3)22(21(17)18)19-12-5-6-13-20(19)23(2)14-7-8-15-25(23,24)4;1-20(2,3)18-11-7-16(8-12-18)15-17-9-13-19(14-10-17)21(4,5)6;1-2-4-5-3-1;;;/h5-8,12-22H,9-11H2,1-4H3;7-14H,1-6H3;1-3H,4H2;2*1H;/q-1;;-1;;;+2/p-2. The van der Waals surface area contributed by atoms with Gasteiger partial charge in [0.05, 0.1) is 0 Å². The maximum Gasteiger partial charge on any atom is -0.000603 e. The summed E-state index contributed by atoms with van der Waals surface area (Å²) in [5, 5.41) is 0. The molecule has 3 fully saturated rings. The van der Waals surface area contributed by atoms with E-state index < -0.39 is 0 Å². The van der Waals surface area contributed by atoms with Crippen LogP contribution in [-0.4, -0.2) is 3.21 Å². The number of hydrogen-bond donors (Lipinski definition) is 0. The van der Waals surface area contributed by atoms with Crippen molar-refractivity contribution in [3.63, 3.8) is 0 Å². The molecule has 6 aliphatic carbocycles. The molecule has 0 aromatic heterocycles. The molecule has 54 heavy (non-hydrogen) atoms. The van der Waals surface area contributed by atoms with Crippen LogP contribution in [0.25, 0.3) is 0 Å². The van der Waals surface area contributed by atoms with Crippen molar-refractivity contribution in [2.24, 2.45) is 51.8 Å². The average Bonchev–Trinajstić information content (AvgIpc) is 3.80. The van der Waals surface area contributed by atoms with Crippen molar-refractivity contribution in [1.82, 2.24) is 0 Å². The van der Waals surface area contributed by atoms with Crippen molar-refractivity contribution in [2.45, 2.75) is 106 Å². The molecule has 0 radical (unpaired) electrons. The van der Waals surface area contributed by atoms with Gasteiger partial charge in [0.15, 0.2) is 0 Å². The Balaban J connectivity index is 0.000000208. The first-order valence-electron chi connectivity index (χ1n) is 20.1.